The van der Waals surface area contributed by atoms with Crippen LogP contribution in [0.15, 0.2) is 12.1 Å². The van der Waals surface area contributed by atoms with Gasteiger partial charge in [-0.3, -0.25) is 4.79 Å². The van der Waals surface area contributed by atoms with Gasteiger partial charge in [-0.2, -0.15) is 0 Å². The van der Waals surface area contributed by atoms with E-state index in [4.69, 9.17) is 11.6 Å². The summed E-state index contributed by atoms with van der Waals surface area (Å²) in [6, 6.07) is 2.53. The molecule has 0 aliphatic heterocycles. The van der Waals surface area contributed by atoms with Crippen LogP contribution in [0.25, 0.3) is 6.08 Å². The summed E-state index contributed by atoms with van der Waals surface area (Å²) in [4.78, 5) is 11.1. The van der Waals surface area contributed by atoms with E-state index in [1.54, 1.807) is 6.08 Å². The van der Waals surface area contributed by atoms with Crippen LogP contribution in [-0.4, -0.2) is 16.2 Å². The van der Waals surface area contributed by atoms with Crippen molar-refractivity contribution >= 4 is 23.5 Å². The highest BCUT2D eigenvalue weighted by Crippen LogP contribution is 2.21. The summed E-state index contributed by atoms with van der Waals surface area (Å²) in [6.45, 7) is 8.44. The molecule has 0 amide bonds. The maximum absolute atomic E-state index is 11.1. The van der Waals surface area contributed by atoms with E-state index in [9.17, 15) is 4.79 Å². The van der Waals surface area contributed by atoms with E-state index >= 15 is 0 Å². The molecule has 0 aliphatic rings. The predicted molar refractivity (Wildman–Crippen MR) is 69.1 cm³/mol. The first kappa shape index (κ1) is 13.0. The van der Waals surface area contributed by atoms with Crippen LogP contribution < -0.4 is 0 Å². The first-order valence-corrected chi connectivity index (χ1v) is 5.96. The number of carbonyl (C=O) groups is 1. The second-order valence-corrected chi connectivity index (χ2v) is 4.49. The van der Waals surface area contributed by atoms with Crippen LogP contribution in [-0.2, 0) is 4.79 Å². The molecule has 0 aromatic carbocycles. The van der Waals surface area contributed by atoms with Crippen molar-refractivity contribution in [2.75, 3.05) is 5.88 Å². The second kappa shape index (κ2) is 5.35. The van der Waals surface area contributed by atoms with Crippen molar-refractivity contribution in [3.8, 4) is 0 Å². The van der Waals surface area contributed by atoms with Crippen molar-refractivity contribution in [3.63, 3.8) is 0 Å². The predicted octanol–water partition coefficient (Wildman–Crippen LogP) is 3.51. The Hall–Kier alpha value is -1.02. The fourth-order valence-corrected chi connectivity index (χ4v) is 2.08. The van der Waals surface area contributed by atoms with Gasteiger partial charge >= 0.3 is 0 Å². The fourth-order valence-electron chi connectivity index (χ4n) is 1.99. The first-order chi connectivity index (χ1) is 7.47. The summed E-state index contributed by atoms with van der Waals surface area (Å²) in [5, 5.41) is 0. The second-order valence-electron chi connectivity index (χ2n) is 4.22. The van der Waals surface area contributed by atoms with Crippen LogP contribution >= 0.6 is 11.6 Å². The largest absolute Gasteiger partial charge is 0.346 e. The Morgan fingerprint density at radius 1 is 1.50 bits per heavy atom. The maximum atomic E-state index is 11.1. The molecule has 3 heteroatoms. The average molecular weight is 240 g/mol. The average Bonchev–Trinajstić information content (AvgIpc) is 2.50. The quantitative estimate of drug-likeness (QED) is 0.582. The summed E-state index contributed by atoms with van der Waals surface area (Å²) < 4.78 is 2.25. The lowest BCUT2D eigenvalue weighted by atomic mass is 10.2. The Morgan fingerprint density at radius 3 is 2.56 bits per heavy atom. The highest BCUT2D eigenvalue weighted by Gasteiger charge is 2.09. The van der Waals surface area contributed by atoms with Crippen LogP contribution in [0, 0.1) is 13.8 Å². The standard InChI is InChI=1S/C13H18ClNO/c1-9(2)15-10(3)7-12(11(15)4)5-6-13(16)8-14/h5-7,9H,8H2,1-4H3/b6-5+. The number of hydrogen-bond donors (Lipinski definition) is 0. The molecule has 0 fully saturated rings. The molecule has 1 aromatic rings. The van der Waals surface area contributed by atoms with Gasteiger partial charge in [0.1, 0.15) is 0 Å². The van der Waals surface area contributed by atoms with Crippen LogP contribution in [0.3, 0.4) is 0 Å². The minimum Gasteiger partial charge on any atom is -0.346 e. The van der Waals surface area contributed by atoms with E-state index in [2.05, 4.69) is 38.3 Å². The van der Waals surface area contributed by atoms with Crippen molar-refractivity contribution < 1.29 is 4.79 Å². The van der Waals surface area contributed by atoms with Crippen LogP contribution in [0.1, 0.15) is 36.8 Å². The highest BCUT2D eigenvalue weighted by atomic mass is 35.5. The molecule has 0 saturated carbocycles. The summed E-state index contributed by atoms with van der Waals surface area (Å²) in [5.74, 6) is -0.0182. The number of allylic oxidation sites excluding steroid dienone is 1. The lowest BCUT2D eigenvalue weighted by Crippen LogP contribution is -2.04. The molecule has 88 valence electrons. The molecule has 0 radical (unpaired) electrons. The molecule has 0 saturated heterocycles. The minimum absolute atomic E-state index is 0.0411. The third-order valence-corrected chi connectivity index (χ3v) is 2.88. The van der Waals surface area contributed by atoms with E-state index in [1.165, 1.54) is 11.4 Å². The number of aromatic nitrogens is 1. The van der Waals surface area contributed by atoms with Gasteiger partial charge in [-0.25, -0.2) is 0 Å². The van der Waals surface area contributed by atoms with Crippen molar-refractivity contribution in [2.24, 2.45) is 0 Å². The summed E-state index contributed by atoms with van der Waals surface area (Å²) in [7, 11) is 0. The topological polar surface area (TPSA) is 22.0 Å². The van der Waals surface area contributed by atoms with Gasteiger partial charge in [-0.15, -0.1) is 11.6 Å². The number of halogens is 1. The highest BCUT2D eigenvalue weighted by molar-refractivity contribution is 6.29. The van der Waals surface area contributed by atoms with Gasteiger partial charge in [-0.05, 0) is 51.5 Å². The molecule has 0 aliphatic carbocycles. The maximum Gasteiger partial charge on any atom is 0.170 e. The zero-order valence-electron chi connectivity index (χ0n) is 10.2. The van der Waals surface area contributed by atoms with Gasteiger partial charge in [0.25, 0.3) is 0 Å². The zero-order chi connectivity index (χ0) is 12.3. The van der Waals surface area contributed by atoms with Crippen LogP contribution in [0.2, 0.25) is 0 Å². The van der Waals surface area contributed by atoms with Crippen molar-refractivity contribution in [1.82, 2.24) is 4.57 Å². The smallest absolute Gasteiger partial charge is 0.170 e. The number of aryl methyl sites for hydroxylation is 1. The van der Waals surface area contributed by atoms with E-state index in [1.807, 2.05) is 6.08 Å². The summed E-state index contributed by atoms with van der Waals surface area (Å²) in [6.07, 6.45) is 3.38. The molecule has 1 rings (SSSR count). The van der Waals surface area contributed by atoms with Crippen LogP contribution in [0.5, 0.6) is 0 Å². The lowest BCUT2D eigenvalue weighted by Gasteiger charge is -2.13. The van der Waals surface area contributed by atoms with Gasteiger partial charge in [0, 0.05) is 17.4 Å². The Labute approximate surface area is 102 Å². The molecule has 0 spiro atoms. The molecule has 0 N–H and O–H groups in total. The molecule has 0 unspecified atom stereocenters. The number of rotatable bonds is 4. The monoisotopic (exact) mass is 239 g/mol. The number of ketones is 1. The van der Waals surface area contributed by atoms with E-state index in [0.717, 1.165) is 5.56 Å². The van der Waals surface area contributed by atoms with Gasteiger partial charge in [-0.1, -0.05) is 0 Å². The van der Waals surface area contributed by atoms with Crippen molar-refractivity contribution in [1.29, 1.82) is 0 Å². The Morgan fingerprint density at radius 2 is 2.12 bits per heavy atom. The third-order valence-electron chi connectivity index (χ3n) is 2.62. The van der Waals surface area contributed by atoms with Gasteiger partial charge in [0.05, 0.1) is 5.88 Å². The summed E-state index contributed by atoms with van der Waals surface area (Å²) >= 11 is 5.44. The number of carbonyl (C=O) groups excluding carboxylic acids is 1. The lowest BCUT2D eigenvalue weighted by molar-refractivity contribution is -0.112. The van der Waals surface area contributed by atoms with Crippen LogP contribution in [0.4, 0.5) is 0 Å². The number of hydrogen-bond acceptors (Lipinski definition) is 1. The molecule has 1 aromatic heterocycles. The minimum atomic E-state index is -0.0592. The molecule has 1 heterocycles. The van der Waals surface area contributed by atoms with E-state index < -0.39 is 0 Å². The van der Waals surface area contributed by atoms with Crippen molar-refractivity contribution in [2.45, 2.75) is 33.7 Å². The van der Waals surface area contributed by atoms with Crippen molar-refractivity contribution in [3.05, 3.63) is 29.1 Å². The van der Waals surface area contributed by atoms with Gasteiger partial charge in [0.15, 0.2) is 5.78 Å². The van der Waals surface area contributed by atoms with Gasteiger partial charge < -0.3 is 4.57 Å². The fraction of sp³-hybridized carbons (Fsp3) is 0.462. The molecule has 2 nitrogen and oxygen atoms in total. The summed E-state index contributed by atoms with van der Waals surface area (Å²) in [5.41, 5.74) is 3.49. The van der Waals surface area contributed by atoms with E-state index in [0.29, 0.717) is 6.04 Å². The molecule has 0 atom stereocenters. The van der Waals surface area contributed by atoms with Gasteiger partial charge in [0.2, 0.25) is 0 Å². The Balaban J connectivity index is 3.04. The number of alkyl halides is 1. The third kappa shape index (κ3) is 2.76. The molecule has 16 heavy (non-hydrogen) atoms. The Bertz CT molecular complexity index is 416. The Kier molecular flexibility index (Phi) is 4.36. The molecule has 0 bridgehead atoms. The zero-order valence-corrected chi connectivity index (χ0v) is 11.0. The molecular weight excluding hydrogens is 222 g/mol. The molecular formula is C13H18ClNO. The SMILES string of the molecule is Cc1cc(/C=C/C(=O)CCl)c(C)n1C(C)C. The van der Waals surface area contributed by atoms with E-state index in [-0.39, 0.29) is 11.7 Å². The number of nitrogens with zero attached hydrogens (tertiary/aromatic N) is 1. The first-order valence-electron chi connectivity index (χ1n) is 5.42. The normalized spacial score (nSPS) is 11.6.